The fraction of sp³-hybridized carbons (Fsp3) is 0.353. The van der Waals surface area contributed by atoms with E-state index in [0.717, 1.165) is 24.1 Å². The zero-order valence-electron chi connectivity index (χ0n) is 25.4. The van der Waals surface area contributed by atoms with Crippen molar-refractivity contribution in [2.45, 2.75) is 58.5 Å². The van der Waals surface area contributed by atoms with Crippen molar-refractivity contribution in [1.29, 1.82) is 10.5 Å². The summed E-state index contributed by atoms with van der Waals surface area (Å²) in [5.41, 5.74) is 10.6. The summed E-state index contributed by atoms with van der Waals surface area (Å²) in [6.07, 6.45) is 14.7. The molecule has 0 radical (unpaired) electrons. The molecule has 3 heterocycles. The number of aromatic nitrogens is 2. The van der Waals surface area contributed by atoms with Crippen LogP contribution >= 0.6 is 0 Å². The normalized spacial score (nSPS) is 21.0. The SMILES string of the molecule is CC(C)(C)CNc1c(C#N)cnc2c(C#N)cc(N[C@H](C3=CN(C4(c5cccnc5)CC4)NN3)C3(C)C=CC(F)=CC3)cc12. The highest BCUT2D eigenvalue weighted by atomic mass is 19.1. The molecule has 9 nitrogen and oxygen atoms in total. The molecule has 2 aliphatic carbocycles. The molecule has 2 atom stereocenters. The van der Waals surface area contributed by atoms with Gasteiger partial charge in [-0.1, -0.05) is 39.8 Å². The molecule has 3 aliphatic rings. The van der Waals surface area contributed by atoms with Crippen molar-refractivity contribution < 1.29 is 4.39 Å². The first-order valence-electron chi connectivity index (χ1n) is 14.8. The van der Waals surface area contributed by atoms with E-state index in [4.69, 9.17) is 0 Å². The Morgan fingerprint density at radius 1 is 1.16 bits per heavy atom. The van der Waals surface area contributed by atoms with Gasteiger partial charge in [0.25, 0.3) is 0 Å². The monoisotopic (exact) mass is 589 g/mol. The summed E-state index contributed by atoms with van der Waals surface area (Å²) in [5.74, 6) is -0.259. The lowest BCUT2D eigenvalue weighted by Gasteiger charge is -2.37. The van der Waals surface area contributed by atoms with Gasteiger partial charge in [-0.25, -0.2) is 4.39 Å². The van der Waals surface area contributed by atoms with E-state index in [2.05, 4.69) is 88.7 Å². The molecule has 44 heavy (non-hydrogen) atoms. The lowest BCUT2D eigenvalue weighted by Crippen LogP contribution is -2.46. The molecule has 224 valence electrons. The number of allylic oxidation sites excluding steroid dienone is 3. The van der Waals surface area contributed by atoms with Gasteiger partial charge in [-0.15, -0.1) is 5.53 Å². The average molecular weight is 590 g/mol. The average Bonchev–Trinajstić information content (AvgIpc) is 3.69. The molecule has 1 aliphatic heterocycles. The van der Waals surface area contributed by atoms with Gasteiger partial charge in [0, 0.05) is 47.8 Å². The van der Waals surface area contributed by atoms with E-state index >= 15 is 0 Å². The van der Waals surface area contributed by atoms with Gasteiger partial charge in [0.15, 0.2) is 0 Å². The van der Waals surface area contributed by atoms with Crippen LogP contribution in [0.25, 0.3) is 10.9 Å². The second-order valence-corrected chi connectivity index (χ2v) is 13.3. The van der Waals surface area contributed by atoms with Gasteiger partial charge < -0.3 is 16.1 Å². The highest BCUT2D eigenvalue weighted by molar-refractivity contribution is 5.99. The number of hydrogen-bond donors (Lipinski definition) is 4. The maximum atomic E-state index is 14.2. The van der Waals surface area contributed by atoms with E-state index in [0.29, 0.717) is 46.4 Å². The third kappa shape index (κ3) is 5.45. The third-order valence-electron chi connectivity index (χ3n) is 8.62. The molecule has 6 rings (SSSR count). The van der Waals surface area contributed by atoms with Crippen LogP contribution in [0.5, 0.6) is 0 Å². The van der Waals surface area contributed by atoms with E-state index in [9.17, 15) is 14.9 Å². The molecule has 4 N–H and O–H groups in total. The summed E-state index contributed by atoms with van der Waals surface area (Å²) >= 11 is 0. The number of nitriles is 2. The Hall–Kier alpha value is -4.93. The Morgan fingerprint density at radius 3 is 2.59 bits per heavy atom. The summed E-state index contributed by atoms with van der Waals surface area (Å²) in [4.78, 5) is 8.83. The number of hydrazine groups is 2. The predicted molar refractivity (Wildman–Crippen MR) is 169 cm³/mol. The maximum Gasteiger partial charge on any atom is 0.118 e. The van der Waals surface area contributed by atoms with E-state index in [1.807, 2.05) is 24.4 Å². The van der Waals surface area contributed by atoms with E-state index in [-0.39, 0.29) is 22.8 Å². The Kier molecular flexibility index (Phi) is 7.27. The minimum Gasteiger partial charge on any atom is -0.383 e. The first-order valence-corrected chi connectivity index (χ1v) is 14.8. The number of nitrogens with one attached hydrogen (secondary N) is 4. The number of halogens is 1. The van der Waals surface area contributed by atoms with Crippen LogP contribution in [-0.2, 0) is 5.54 Å². The Bertz CT molecular complexity index is 1770. The zero-order valence-corrected chi connectivity index (χ0v) is 25.4. The number of hydrogen-bond acceptors (Lipinski definition) is 9. The molecule has 1 saturated carbocycles. The second-order valence-electron chi connectivity index (χ2n) is 13.3. The van der Waals surface area contributed by atoms with Gasteiger partial charge in [-0.2, -0.15) is 10.5 Å². The van der Waals surface area contributed by atoms with E-state index < -0.39 is 5.41 Å². The standard InChI is InChI=1S/C34H36FN9/c1-32(2,3)21-40-30-23(17-37)18-39-29-22(16-36)14-26(15-27(29)30)41-31(33(4)9-7-25(35)8-10-33)28-20-44(43-42-28)34(11-12-34)24-6-5-13-38-19-24/h5-9,13-15,18-20,31,41-43H,10-12,21H2,1-4H3,(H,39,40)/t31-,33?/m1/s1. The fourth-order valence-corrected chi connectivity index (χ4v) is 5.93. The van der Waals surface area contributed by atoms with Gasteiger partial charge >= 0.3 is 0 Å². The van der Waals surface area contributed by atoms with Crippen molar-refractivity contribution in [2.75, 3.05) is 17.2 Å². The van der Waals surface area contributed by atoms with Crippen LogP contribution in [0.15, 0.2) is 78.8 Å². The largest absolute Gasteiger partial charge is 0.383 e. The lowest BCUT2D eigenvalue weighted by molar-refractivity contribution is 0.175. The van der Waals surface area contributed by atoms with Crippen molar-refractivity contribution >= 4 is 22.3 Å². The van der Waals surface area contributed by atoms with Crippen molar-refractivity contribution in [2.24, 2.45) is 10.8 Å². The number of pyridine rings is 2. The summed E-state index contributed by atoms with van der Waals surface area (Å²) in [6.45, 7) is 9.05. The van der Waals surface area contributed by atoms with E-state index in [1.54, 1.807) is 18.3 Å². The zero-order chi connectivity index (χ0) is 31.1. The van der Waals surface area contributed by atoms with Gasteiger partial charge in [0.1, 0.15) is 18.0 Å². The Morgan fingerprint density at radius 2 is 1.95 bits per heavy atom. The predicted octanol–water partition coefficient (Wildman–Crippen LogP) is 6.29. The van der Waals surface area contributed by atoms with Crippen LogP contribution < -0.4 is 21.6 Å². The van der Waals surface area contributed by atoms with Crippen molar-refractivity contribution in [3.05, 3.63) is 95.5 Å². The molecule has 0 amide bonds. The topological polar surface area (TPSA) is 125 Å². The van der Waals surface area contributed by atoms with Gasteiger partial charge in [-0.3, -0.25) is 15.0 Å². The quantitative estimate of drug-likeness (QED) is 0.240. The fourth-order valence-electron chi connectivity index (χ4n) is 5.93. The molecule has 10 heteroatoms. The van der Waals surface area contributed by atoms with Crippen LogP contribution in [0.3, 0.4) is 0 Å². The minimum atomic E-state index is -0.515. The van der Waals surface area contributed by atoms with Gasteiger partial charge in [0.05, 0.1) is 39.6 Å². The number of anilines is 2. The highest BCUT2D eigenvalue weighted by Crippen LogP contribution is 2.51. The molecule has 0 saturated heterocycles. The summed E-state index contributed by atoms with van der Waals surface area (Å²) in [6, 6.07) is 12.0. The molecule has 0 spiro atoms. The summed E-state index contributed by atoms with van der Waals surface area (Å²) < 4.78 is 14.2. The Labute approximate surface area is 257 Å². The summed E-state index contributed by atoms with van der Waals surface area (Å²) in [7, 11) is 0. The lowest BCUT2D eigenvalue weighted by atomic mass is 9.75. The maximum absolute atomic E-state index is 14.2. The molecule has 1 fully saturated rings. The molecule has 1 unspecified atom stereocenters. The number of nitrogens with zero attached hydrogens (tertiary/aromatic N) is 5. The molecular formula is C34H36FN9. The molecular weight excluding hydrogens is 553 g/mol. The molecule has 1 aromatic carbocycles. The minimum absolute atomic E-state index is 0.0414. The van der Waals surface area contributed by atoms with Crippen LogP contribution in [0.1, 0.15) is 63.6 Å². The van der Waals surface area contributed by atoms with Crippen LogP contribution in [0.2, 0.25) is 0 Å². The first kappa shape index (κ1) is 29.2. The van der Waals surface area contributed by atoms with Crippen molar-refractivity contribution in [3.8, 4) is 12.1 Å². The third-order valence-corrected chi connectivity index (χ3v) is 8.62. The molecule has 3 aromatic rings. The van der Waals surface area contributed by atoms with Crippen LogP contribution in [0.4, 0.5) is 15.8 Å². The highest BCUT2D eigenvalue weighted by Gasteiger charge is 2.51. The van der Waals surface area contributed by atoms with Crippen molar-refractivity contribution in [3.63, 3.8) is 0 Å². The number of fused-ring (bicyclic) bond motifs is 1. The summed E-state index contributed by atoms with van der Waals surface area (Å²) in [5, 5.41) is 30.0. The number of benzene rings is 1. The Balaban J connectivity index is 1.42. The molecule has 0 bridgehead atoms. The number of rotatable bonds is 8. The van der Waals surface area contributed by atoms with Crippen LogP contribution in [-0.4, -0.2) is 27.6 Å². The molecule has 2 aromatic heterocycles. The van der Waals surface area contributed by atoms with Gasteiger partial charge in [0.2, 0.25) is 0 Å². The van der Waals surface area contributed by atoms with Crippen LogP contribution in [0, 0.1) is 33.5 Å². The van der Waals surface area contributed by atoms with Gasteiger partial charge in [-0.05, 0) is 60.6 Å². The van der Waals surface area contributed by atoms with Crippen molar-refractivity contribution in [1.82, 2.24) is 25.9 Å². The first-order chi connectivity index (χ1) is 21.0. The smallest absolute Gasteiger partial charge is 0.118 e. The van der Waals surface area contributed by atoms with E-state index in [1.165, 1.54) is 12.3 Å². The second kappa shape index (κ2) is 11.0.